The lowest BCUT2D eigenvalue weighted by atomic mass is 10.4. The van der Waals surface area contributed by atoms with Gasteiger partial charge in [0, 0.05) is 6.20 Å². The fraction of sp³-hybridized carbons (Fsp3) is 0.273. The molecule has 0 amide bonds. The molecular formula is C11H13N3O3S. The van der Waals surface area contributed by atoms with E-state index in [9.17, 15) is 0 Å². The number of nitrogens with zero attached hydrogens (tertiary/aromatic N) is 3. The van der Waals surface area contributed by atoms with Crippen molar-refractivity contribution in [2.45, 2.75) is 13.8 Å². The van der Waals surface area contributed by atoms with E-state index in [1.807, 2.05) is 13.8 Å². The van der Waals surface area contributed by atoms with Crippen LogP contribution in [-0.4, -0.2) is 33.1 Å². The maximum atomic E-state index is 8.36. The minimum absolute atomic E-state index is 0.250. The molecule has 0 spiro atoms. The Hall–Kier alpha value is -2.02. The third-order valence-electron chi connectivity index (χ3n) is 1.78. The molecule has 0 bridgehead atoms. The van der Waals surface area contributed by atoms with Crippen LogP contribution in [0.5, 0.6) is 5.88 Å². The largest absolute Gasteiger partial charge is 0.483 e. The van der Waals surface area contributed by atoms with Crippen molar-refractivity contribution in [3.63, 3.8) is 0 Å². The minimum Gasteiger partial charge on any atom is -0.483 e. The van der Waals surface area contributed by atoms with E-state index in [2.05, 4.69) is 15.0 Å². The summed E-state index contributed by atoms with van der Waals surface area (Å²) in [5.74, 6) is 0.557. The van der Waals surface area contributed by atoms with Gasteiger partial charge in [0.25, 0.3) is 6.47 Å². The van der Waals surface area contributed by atoms with E-state index in [4.69, 9.17) is 14.6 Å². The summed E-state index contributed by atoms with van der Waals surface area (Å²) < 4.78 is 5.29. The van der Waals surface area contributed by atoms with Gasteiger partial charge in [-0.25, -0.2) is 9.97 Å². The molecule has 2 aromatic heterocycles. The topological polar surface area (TPSA) is 85.2 Å². The Balaban J connectivity index is 0.000000492. The summed E-state index contributed by atoms with van der Waals surface area (Å²) >= 11 is 1.60. The van der Waals surface area contributed by atoms with Gasteiger partial charge in [-0.2, -0.15) is 0 Å². The van der Waals surface area contributed by atoms with E-state index in [1.165, 1.54) is 0 Å². The number of rotatable bonds is 3. The Bertz CT molecular complexity index is 502. The van der Waals surface area contributed by atoms with Crippen LogP contribution >= 0.6 is 11.3 Å². The smallest absolute Gasteiger partial charge is 0.290 e. The fourth-order valence-corrected chi connectivity index (χ4v) is 1.90. The Morgan fingerprint density at radius 3 is 2.72 bits per heavy atom. The summed E-state index contributed by atoms with van der Waals surface area (Å²) in [5, 5.41) is 7.91. The van der Waals surface area contributed by atoms with Crippen molar-refractivity contribution in [3.8, 4) is 16.5 Å². The Labute approximate surface area is 108 Å². The first-order valence-corrected chi connectivity index (χ1v) is 5.98. The average Bonchev–Trinajstić information content (AvgIpc) is 2.78. The number of carbonyl (C=O) groups is 1. The summed E-state index contributed by atoms with van der Waals surface area (Å²) in [7, 11) is 0. The molecule has 0 unspecified atom stereocenters. The number of hydrogen-bond donors (Lipinski definition) is 1. The second-order valence-electron chi connectivity index (χ2n) is 3.02. The molecule has 2 aromatic rings. The third kappa shape index (κ3) is 4.10. The van der Waals surface area contributed by atoms with Gasteiger partial charge in [-0.3, -0.25) is 9.78 Å². The monoisotopic (exact) mass is 267 g/mol. The van der Waals surface area contributed by atoms with Crippen LogP contribution in [0, 0.1) is 6.92 Å². The molecule has 0 radical (unpaired) electrons. The first-order valence-electron chi connectivity index (χ1n) is 5.16. The van der Waals surface area contributed by atoms with Crippen molar-refractivity contribution in [2.75, 3.05) is 6.61 Å². The van der Waals surface area contributed by atoms with Crippen LogP contribution in [-0.2, 0) is 4.79 Å². The van der Waals surface area contributed by atoms with E-state index >= 15 is 0 Å². The quantitative estimate of drug-likeness (QED) is 0.856. The highest BCUT2D eigenvalue weighted by Gasteiger charge is 2.05. The zero-order valence-electron chi connectivity index (χ0n) is 10.0. The minimum atomic E-state index is -0.250. The van der Waals surface area contributed by atoms with Crippen molar-refractivity contribution < 1.29 is 14.6 Å². The van der Waals surface area contributed by atoms with E-state index < -0.39 is 0 Å². The first kappa shape index (κ1) is 14.0. The van der Waals surface area contributed by atoms with Gasteiger partial charge < -0.3 is 9.84 Å². The highest BCUT2D eigenvalue weighted by Crippen LogP contribution is 2.24. The van der Waals surface area contributed by atoms with E-state index in [0.717, 1.165) is 15.6 Å². The fourth-order valence-electron chi connectivity index (χ4n) is 1.16. The second kappa shape index (κ2) is 7.33. The molecule has 0 atom stereocenters. The highest BCUT2D eigenvalue weighted by atomic mass is 32.1. The highest BCUT2D eigenvalue weighted by molar-refractivity contribution is 7.15. The summed E-state index contributed by atoms with van der Waals surface area (Å²) in [6, 6.07) is 0. The molecule has 6 nitrogen and oxygen atoms in total. The summed E-state index contributed by atoms with van der Waals surface area (Å²) in [4.78, 5) is 22.0. The van der Waals surface area contributed by atoms with E-state index in [0.29, 0.717) is 12.5 Å². The molecule has 7 heteroatoms. The zero-order chi connectivity index (χ0) is 13.4. The Kier molecular flexibility index (Phi) is 5.72. The summed E-state index contributed by atoms with van der Waals surface area (Å²) in [6.45, 7) is 4.24. The van der Waals surface area contributed by atoms with Crippen molar-refractivity contribution in [1.29, 1.82) is 0 Å². The first-order chi connectivity index (χ1) is 8.71. The Morgan fingerprint density at radius 2 is 2.17 bits per heavy atom. The van der Waals surface area contributed by atoms with Gasteiger partial charge in [0.15, 0.2) is 0 Å². The van der Waals surface area contributed by atoms with Crippen LogP contribution in [0.3, 0.4) is 0 Å². The standard InChI is InChI=1S/C10H11N3OS.CH2O2/c1-3-14-10-6-11-4-8(13-10)9-5-12-7(2)15-9;2-1-3/h4-6H,3H2,1-2H3;1H,(H,2,3). The number of aromatic nitrogens is 3. The second-order valence-corrected chi connectivity index (χ2v) is 4.26. The molecule has 2 rings (SSSR count). The molecule has 1 N–H and O–H groups in total. The normalized spacial score (nSPS) is 9.22. The van der Waals surface area contributed by atoms with Crippen LogP contribution in [0.15, 0.2) is 18.6 Å². The number of ether oxygens (including phenoxy) is 1. The molecule has 0 aromatic carbocycles. The number of carboxylic acid groups (broad SMARTS) is 1. The van der Waals surface area contributed by atoms with Crippen LogP contribution in [0.1, 0.15) is 11.9 Å². The summed E-state index contributed by atoms with van der Waals surface area (Å²) in [5.41, 5.74) is 0.812. The van der Waals surface area contributed by atoms with Gasteiger partial charge in [-0.1, -0.05) is 0 Å². The zero-order valence-corrected chi connectivity index (χ0v) is 10.8. The molecular weight excluding hydrogens is 254 g/mol. The molecule has 0 saturated heterocycles. The van der Waals surface area contributed by atoms with Gasteiger partial charge in [0.1, 0.15) is 5.69 Å². The maximum Gasteiger partial charge on any atom is 0.290 e. The maximum absolute atomic E-state index is 8.36. The molecule has 18 heavy (non-hydrogen) atoms. The van der Waals surface area contributed by atoms with Crippen molar-refractivity contribution in [1.82, 2.24) is 15.0 Å². The molecule has 0 fully saturated rings. The van der Waals surface area contributed by atoms with Gasteiger partial charge in [0.2, 0.25) is 5.88 Å². The van der Waals surface area contributed by atoms with Gasteiger partial charge in [-0.15, -0.1) is 11.3 Å². The number of thiazole rings is 1. The van der Waals surface area contributed by atoms with Crippen LogP contribution in [0.25, 0.3) is 10.6 Å². The van der Waals surface area contributed by atoms with E-state index in [1.54, 1.807) is 29.9 Å². The predicted molar refractivity (Wildman–Crippen MR) is 67.7 cm³/mol. The van der Waals surface area contributed by atoms with Gasteiger partial charge in [0.05, 0.1) is 28.9 Å². The lowest BCUT2D eigenvalue weighted by Crippen LogP contribution is -1.95. The van der Waals surface area contributed by atoms with Crippen molar-refractivity contribution in [3.05, 3.63) is 23.6 Å². The lowest BCUT2D eigenvalue weighted by molar-refractivity contribution is -0.122. The molecule has 0 aliphatic rings. The molecule has 0 aliphatic carbocycles. The third-order valence-corrected chi connectivity index (χ3v) is 2.71. The van der Waals surface area contributed by atoms with Gasteiger partial charge >= 0.3 is 0 Å². The number of aryl methyl sites for hydroxylation is 1. The van der Waals surface area contributed by atoms with Crippen molar-refractivity contribution >= 4 is 17.8 Å². The van der Waals surface area contributed by atoms with Crippen LogP contribution in [0.2, 0.25) is 0 Å². The number of hydrogen-bond acceptors (Lipinski definition) is 6. The molecule has 96 valence electrons. The van der Waals surface area contributed by atoms with Crippen LogP contribution < -0.4 is 4.74 Å². The Morgan fingerprint density at radius 1 is 1.44 bits per heavy atom. The predicted octanol–water partition coefficient (Wildman–Crippen LogP) is 2.01. The van der Waals surface area contributed by atoms with Gasteiger partial charge in [-0.05, 0) is 13.8 Å². The van der Waals surface area contributed by atoms with E-state index in [-0.39, 0.29) is 6.47 Å². The average molecular weight is 267 g/mol. The van der Waals surface area contributed by atoms with Crippen molar-refractivity contribution in [2.24, 2.45) is 0 Å². The molecule has 0 saturated carbocycles. The SMILES string of the molecule is CCOc1cncc(-c2cnc(C)s2)n1.O=CO. The van der Waals surface area contributed by atoms with Crippen LogP contribution in [0.4, 0.5) is 0 Å². The summed E-state index contributed by atoms with van der Waals surface area (Å²) in [6.07, 6.45) is 5.14. The molecule has 2 heterocycles. The molecule has 0 aliphatic heterocycles. The lowest BCUT2D eigenvalue weighted by Gasteiger charge is -2.01.